The zero-order valence-electron chi connectivity index (χ0n) is 32.7. The fraction of sp³-hybridized carbons (Fsp3) is 0.538. The molecule has 1 saturated heterocycles. The zero-order chi connectivity index (χ0) is 39.7. The molecule has 54 heavy (non-hydrogen) atoms. The number of carbonyl (C=O) groups excluding carboxylic acids is 4. The first kappa shape index (κ1) is 40.3. The lowest BCUT2D eigenvalue weighted by atomic mass is 9.85. The van der Waals surface area contributed by atoms with Crippen molar-refractivity contribution in [3.8, 4) is 22.9 Å². The van der Waals surface area contributed by atoms with Gasteiger partial charge in [0.25, 0.3) is 0 Å². The predicted molar refractivity (Wildman–Crippen MR) is 207 cm³/mol. The number of carbonyl (C=O) groups is 4. The van der Waals surface area contributed by atoms with Crippen LogP contribution in [0.1, 0.15) is 68.2 Å². The van der Waals surface area contributed by atoms with E-state index in [1.54, 1.807) is 52.2 Å². The van der Waals surface area contributed by atoms with Crippen LogP contribution in [0.5, 0.6) is 11.5 Å². The van der Waals surface area contributed by atoms with Crippen LogP contribution in [-0.4, -0.2) is 94.9 Å². The number of likely N-dealkylation sites (tertiary alicyclic amines) is 1. The molecule has 1 aliphatic heterocycles. The molecule has 5 atom stereocenters. The summed E-state index contributed by atoms with van der Waals surface area (Å²) in [5.41, 5.74) is -1.05. The number of methoxy groups -OCH3 is 2. The Balaban J connectivity index is 1.52. The van der Waals surface area contributed by atoms with Crippen molar-refractivity contribution in [2.75, 3.05) is 26.1 Å². The number of thiazole rings is 1. The van der Waals surface area contributed by atoms with E-state index in [0.29, 0.717) is 40.2 Å². The van der Waals surface area contributed by atoms with Crippen LogP contribution in [0, 0.1) is 11.3 Å². The maximum absolute atomic E-state index is 14.6. The third kappa shape index (κ3) is 8.88. The number of amides is 3. The van der Waals surface area contributed by atoms with E-state index in [2.05, 4.69) is 22.5 Å². The van der Waals surface area contributed by atoms with Gasteiger partial charge < -0.3 is 39.8 Å². The lowest BCUT2D eigenvalue weighted by molar-refractivity contribution is -0.148. The Labute approximate surface area is 320 Å². The molecule has 3 heterocycles. The highest BCUT2D eigenvalue weighted by Gasteiger charge is 2.62. The van der Waals surface area contributed by atoms with Gasteiger partial charge in [-0.3, -0.25) is 9.59 Å². The quantitative estimate of drug-likeness (QED) is 0.153. The lowest BCUT2D eigenvalue weighted by Gasteiger charge is -2.36. The Kier molecular flexibility index (Phi) is 11.5. The van der Waals surface area contributed by atoms with Gasteiger partial charge >= 0.3 is 12.1 Å². The summed E-state index contributed by atoms with van der Waals surface area (Å²) in [6.07, 6.45) is 0.572. The number of rotatable bonds is 12. The normalized spacial score (nSPS) is 21.6. The Morgan fingerprint density at radius 3 is 2.37 bits per heavy atom. The van der Waals surface area contributed by atoms with Gasteiger partial charge in [0.15, 0.2) is 5.13 Å². The molecule has 0 radical (unpaired) electrons. The highest BCUT2D eigenvalue weighted by atomic mass is 32.1. The number of benzene rings is 1. The number of aromatic nitrogens is 2. The number of hydrogen-bond donors (Lipinski definition) is 3. The largest absolute Gasteiger partial charge is 0.497 e. The van der Waals surface area contributed by atoms with E-state index in [-0.39, 0.29) is 24.9 Å². The summed E-state index contributed by atoms with van der Waals surface area (Å²) in [5.74, 6) is -0.892. The average Bonchev–Trinajstić information content (AvgIpc) is 3.36. The third-order valence-corrected chi connectivity index (χ3v) is 10.0. The van der Waals surface area contributed by atoms with Crippen molar-refractivity contribution in [3.05, 3.63) is 42.3 Å². The van der Waals surface area contributed by atoms with Crippen molar-refractivity contribution < 1.29 is 38.1 Å². The van der Waals surface area contributed by atoms with Crippen molar-refractivity contribution in [2.24, 2.45) is 11.3 Å². The second-order valence-corrected chi connectivity index (χ2v) is 17.0. The summed E-state index contributed by atoms with van der Waals surface area (Å²) in [4.78, 5) is 65.8. The SMILES string of the molecule is C=C[C@@H]1C[C@]1(NC(=O)[C@@H]1C[C@@H](Oc2cc(-c3csc(NC(C)C)n3)nc3cc(OC)ccc23)CN1C(=O)[C@@H](NC(=O)OC(C)(C)C)C(C)(C)C)C(=O)OC. The van der Waals surface area contributed by atoms with Crippen molar-refractivity contribution in [1.82, 2.24) is 25.5 Å². The lowest BCUT2D eigenvalue weighted by Crippen LogP contribution is -2.59. The van der Waals surface area contributed by atoms with Crippen molar-refractivity contribution in [3.63, 3.8) is 0 Å². The fourth-order valence-electron chi connectivity index (χ4n) is 6.52. The molecular weight excluding hydrogens is 713 g/mol. The minimum Gasteiger partial charge on any atom is -0.497 e. The van der Waals surface area contributed by atoms with Crippen LogP contribution in [0.3, 0.4) is 0 Å². The Morgan fingerprint density at radius 2 is 1.78 bits per heavy atom. The Bertz CT molecular complexity index is 1920. The second-order valence-electron chi connectivity index (χ2n) is 16.2. The molecular formula is C39H52N6O8S. The monoisotopic (exact) mass is 764 g/mol. The van der Waals surface area contributed by atoms with Crippen molar-refractivity contribution >= 4 is 51.2 Å². The molecule has 0 spiro atoms. The number of fused-ring (bicyclic) bond motifs is 1. The van der Waals surface area contributed by atoms with E-state index in [1.807, 2.05) is 46.1 Å². The van der Waals surface area contributed by atoms with Crippen LogP contribution in [-0.2, 0) is 23.9 Å². The topological polar surface area (TPSA) is 170 Å². The van der Waals surface area contributed by atoms with Gasteiger partial charge in [0, 0.05) is 41.3 Å². The van der Waals surface area contributed by atoms with E-state index < -0.39 is 58.6 Å². The number of alkyl carbamates (subject to hydrolysis) is 1. The maximum atomic E-state index is 14.6. The molecule has 0 unspecified atom stereocenters. The fourth-order valence-corrected chi connectivity index (χ4v) is 7.37. The molecule has 14 nitrogen and oxygen atoms in total. The average molecular weight is 765 g/mol. The molecule has 292 valence electrons. The zero-order valence-corrected chi connectivity index (χ0v) is 33.5. The molecule has 3 aromatic rings. The van der Waals surface area contributed by atoms with Gasteiger partial charge in [-0.2, -0.15) is 0 Å². The van der Waals surface area contributed by atoms with E-state index in [1.165, 1.54) is 23.3 Å². The minimum atomic E-state index is -1.29. The van der Waals surface area contributed by atoms with E-state index >= 15 is 0 Å². The van der Waals surface area contributed by atoms with E-state index in [9.17, 15) is 19.2 Å². The van der Waals surface area contributed by atoms with Crippen LogP contribution in [0.4, 0.5) is 9.93 Å². The van der Waals surface area contributed by atoms with Gasteiger partial charge in [-0.05, 0) is 58.6 Å². The number of ether oxygens (including phenoxy) is 4. The molecule has 0 bridgehead atoms. The van der Waals surface area contributed by atoms with Crippen LogP contribution < -0.4 is 25.4 Å². The summed E-state index contributed by atoms with van der Waals surface area (Å²) in [7, 11) is 2.84. The molecule has 2 aliphatic rings. The van der Waals surface area contributed by atoms with Crippen LogP contribution in [0.2, 0.25) is 0 Å². The van der Waals surface area contributed by atoms with E-state index in [0.717, 1.165) is 5.13 Å². The van der Waals surface area contributed by atoms with Gasteiger partial charge in [-0.1, -0.05) is 26.8 Å². The van der Waals surface area contributed by atoms with Crippen molar-refractivity contribution in [2.45, 2.75) is 104 Å². The molecule has 1 saturated carbocycles. The summed E-state index contributed by atoms with van der Waals surface area (Å²) in [6.45, 7) is 18.5. The van der Waals surface area contributed by atoms with Gasteiger partial charge in [0.05, 0.1) is 32.0 Å². The number of esters is 1. The van der Waals surface area contributed by atoms with E-state index in [4.69, 9.17) is 28.9 Å². The minimum absolute atomic E-state index is 0.00404. The predicted octanol–water partition coefficient (Wildman–Crippen LogP) is 5.71. The summed E-state index contributed by atoms with van der Waals surface area (Å²) >= 11 is 1.46. The Hall–Kier alpha value is -4.92. The standard InChI is InChI=1S/C39H52N6O8S/c1-12-22-18-39(22,34(48)51-11)44-32(46)29-16-24(19-45(29)33(47)31(37(4,5)6)43-36(49)53-38(7,8)9)52-30-17-27(28-20-54-35(42-28)40-21(2)3)41-26-15-23(50-10)13-14-25(26)30/h12-15,17,20-22,24,29,31H,1,16,18-19H2,2-11H3,(H,40,42)(H,43,49)(H,44,46)/t22-,24-,29+,31-,39-/m1/s1. The first-order chi connectivity index (χ1) is 25.3. The highest BCUT2D eigenvalue weighted by molar-refractivity contribution is 7.14. The summed E-state index contributed by atoms with van der Waals surface area (Å²) < 4.78 is 22.8. The second kappa shape index (κ2) is 15.4. The maximum Gasteiger partial charge on any atom is 0.408 e. The number of nitrogens with one attached hydrogen (secondary N) is 3. The first-order valence-electron chi connectivity index (χ1n) is 18.0. The summed E-state index contributed by atoms with van der Waals surface area (Å²) in [5, 5.41) is 12.3. The van der Waals surface area contributed by atoms with Crippen LogP contribution >= 0.6 is 11.3 Å². The van der Waals surface area contributed by atoms with Gasteiger partial charge in [-0.15, -0.1) is 17.9 Å². The number of hydrogen-bond acceptors (Lipinski definition) is 12. The number of anilines is 1. The third-order valence-electron chi connectivity index (χ3n) is 9.27. The van der Waals surface area contributed by atoms with Crippen LogP contribution in [0.15, 0.2) is 42.3 Å². The Morgan fingerprint density at radius 1 is 1.06 bits per heavy atom. The molecule has 2 aromatic heterocycles. The highest BCUT2D eigenvalue weighted by Crippen LogP contribution is 2.46. The molecule has 5 rings (SSSR count). The van der Waals surface area contributed by atoms with Gasteiger partial charge in [0.2, 0.25) is 11.8 Å². The molecule has 3 N–H and O–H groups in total. The molecule has 1 aromatic carbocycles. The van der Waals surface area contributed by atoms with Crippen LogP contribution in [0.25, 0.3) is 22.3 Å². The number of nitrogens with zero attached hydrogens (tertiary/aromatic N) is 3. The molecule has 3 amide bonds. The molecule has 15 heteroatoms. The van der Waals surface area contributed by atoms with Gasteiger partial charge in [-0.25, -0.2) is 19.6 Å². The smallest absolute Gasteiger partial charge is 0.408 e. The number of pyridine rings is 1. The molecule has 2 fully saturated rings. The first-order valence-corrected chi connectivity index (χ1v) is 18.9. The summed E-state index contributed by atoms with van der Waals surface area (Å²) in [6, 6.07) is 5.32. The van der Waals surface area contributed by atoms with Gasteiger partial charge in [0.1, 0.15) is 46.5 Å². The molecule has 1 aliphatic carbocycles. The van der Waals surface area contributed by atoms with Crippen molar-refractivity contribution in [1.29, 1.82) is 0 Å².